The molecule has 0 atom stereocenters. The van der Waals surface area contributed by atoms with Crippen LogP contribution in [0.2, 0.25) is 44.5 Å². The van der Waals surface area contributed by atoms with Gasteiger partial charge in [0.05, 0.1) is 0 Å². The number of hydrogen-bond donors (Lipinski definition) is 0. The maximum atomic E-state index is 5.42. The van der Waals surface area contributed by atoms with Crippen molar-refractivity contribution in [3.05, 3.63) is 115 Å². The predicted molar refractivity (Wildman–Crippen MR) is 219 cm³/mol. The number of fused-ring (bicyclic) bond motifs is 3. The molecule has 0 unspecified atom stereocenters. The van der Waals surface area contributed by atoms with Gasteiger partial charge in [-0.05, 0) is 0 Å². The van der Waals surface area contributed by atoms with Gasteiger partial charge in [0, 0.05) is 0 Å². The van der Waals surface area contributed by atoms with E-state index in [2.05, 4.69) is 155 Å². The Hall–Kier alpha value is -1.90. The standard InChI is InChI=1S/2C11H9O.C11H9.9CH3.3Sn/c1-12-11-8-4-6-9-5-2-3-7-10(9)11;1-12-11-7-6-9-4-2-3-5-10(9)8-11;1-9-5-4-7-10-6-2-3-8-11(9)10;;;;;;;;;;;;/h2-5,7-8H,1H3;3-8H,1H3;2-6,8H,1H3;9*1H3;;;. The van der Waals surface area contributed by atoms with Crippen molar-refractivity contribution in [1.82, 2.24) is 0 Å². The summed E-state index contributed by atoms with van der Waals surface area (Å²) in [4.78, 5) is 22.1. The third-order valence-corrected chi connectivity index (χ3v) is 26.3. The SMILES string of the molecule is COc1cc[c]([Sn]([CH3])([CH3])[CH3])c2ccccc12.COc1ccc2c[c]([Sn]([CH3])([CH3])[CH3])ccc2c1.Cc1cc[c]([Sn]([CH3])([CH3])[CH3])c2ccccc12. The fourth-order valence-corrected chi connectivity index (χ4v) is 18.6. The van der Waals surface area contributed by atoms with E-state index in [1.165, 1.54) is 37.9 Å². The summed E-state index contributed by atoms with van der Waals surface area (Å²) in [6, 6.07) is 39.5. The zero-order valence-electron chi connectivity index (χ0n) is 30.7. The van der Waals surface area contributed by atoms with E-state index in [0.29, 0.717) is 0 Å². The summed E-state index contributed by atoms with van der Waals surface area (Å²) < 4.78 is 15.4. The molecule has 5 heteroatoms. The summed E-state index contributed by atoms with van der Waals surface area (Å²) >= 11 is -5.91. The molecular formula is C42H54O2Sn3. The van der Waals surface area contributed by atoms with Crippen LogP contribution in [-0.2, 0) is 0 Å². The number of hydrogen-bond acceptors (Lipinski definition) is 2. The van der Waals surface area contributed by atoms with E-state index in [4.69, 9.17) is 9.47 Å². The fraction of sp³-hybridized carbons (Fsp3) is 0.286. The van der Waals surface area contributed by atoms with Gasteiger partial charge in [0.15, 0.2) is 0 Å². The number of methoxy groups -OCH3 is 2. The molecule has 2 nitrogen and oxygen atoms in total. The second-order valence-electron chi connectivity index (χ2n) is 15.5. The maximum absolute atomic E-state index is 5.42. The monoisotopic (exact) mass is 950 g/mol. The van der Waals surface area contributed by atoms with Crippen molar-refractivity contribution in [2.75, 3.05) is 14.2 Å². The number of rotatable bonds is 5. The van der Waals surface area contributed by atoms with Crippen molar-refractivity contribution in [3.8, 4) is 11.5 Å². The Kier molecular flexibility index (Phi) is 12.7. The van der Waals surface area contributed by atoms with Gasteiger partial charge in [0.2, 0.25) is 0 Å². The molecule has 0 aliphatic heterocycles. The van der Waals surface area contributed by atoms with Crippen molar-refractivity contribution >= 4 is 98.2 Å². The third-order valence-electron chi connectivity index (χ3n) is 8.78. The molecule has 0 heterocycles. The van der Waals surface area contributed by atoms with Crippen LogP contribution in [0.5, 0.6) is 11.5 Å². The molecule has 0 spiro atoms. The van der Waals surface area contributed by atoms with E-state index < -0.39 is 55.1 Å². The van der Waals surface area contributed by atoms with Crippen LogP contribution in [0.4, 0.5) is 0 Å². The van der Waals surface area contributed by atoms with E-state index in [1.807, 2.05) is 6.07 Å². The molecule has 0 bridgehead atoms. The average molecular weight is 947 g/mol. The quantitative estimate of drug-likeness (QED) is 0.160. The van der Waals surface area contributed by atoms with Crippen LogP contribution in [0.1, 0.15) is 5.56 Å². The summed E-state index contributed by atoms with van der Waals surface area (Å²) in [6.45, 7) is 2.20. The number of ether oxygens (including phenoxy) is 2. The zero-order chi connectivity index (χ0) is 34.6. The molecule has 0 saturated heterocycles. The molecule has 47 heavy (non-hydrogen) atoms. The van der Waals surface area contributed by atoms with Crippen LogP contribution < -0.4 is 20.2 Å². The van der Waals surface area contributed by atoms with Gasteiger partial charge in [0.1, 0.15) is 0 Å². The second kappa shape index (κ2) is 15.8. The van der Waals surface area contributed by atoms with Gasteiger partial charge in [-0.2, -0.15) is 0 Å². The Morgan fingerprint density at radius 2 is 0.915 bits per heavy atom. The first-order valence-corrected chi connectivity index (χ1v) is 46.6. The van der Waals surface area contributed by atoms with E-state index in [-0.39, 0.29) is 0 Å². The third kappa shape index (κ3) is 9.63. The topological polar surface area (TPSA) is 18.5 Å². The van der Waals surface area contributed by atoms with Gasteiger partial charge in [-0.1, -0.05) is 0 Å². The van der Waals surface area contributed by atoms with Gasteiger partial charge in [0.25, 0.3) is 0 Å². The second-order valence-corrected chi connectivity index (χ2v) is 58.8. The molecule has 0 radical (unpaired) electrons. The fourth-order valence-electron chi connectivity index (χ4n) is 6.02. The van der Waals surface area contributed by atoms with Crippen LogP contribution in [0.25, 0.3) is 32.3 Å². The predicted octanol–water partition coefficient (Wildman–Crippen LogP) is 10.5. The van der Waals surface area contributed by atoms with Gasteiger partial charge in [-0.3, -0.25) is 0 Å². The van der Waals surface area contributed by atoms with Crippen molar-refractivity contribution in [2.45, 2.75) is 51.4 Å². The normalized spacial score (nSPS) is 11.8. The first-order valence-electron chi connectivity index (χ1n) is 16.7. The minimum absolute atomic E-state index is 0.930. The Morgan fingerprint density at radius 3 is 1.45 bits per heavy atom. The van der Waals surface area contributed by atoms with Gasteiger partial charge in [-0.25, -0.2) is 0 Å². The molecule has 0 saturated carbocycles. The number of benzene rings is 6. The zero-order valence-corrected chi connectivity index (χ0v) is 39.3. The summed E-state index contributed by atoms with van der Waals surface area (Å²) in [6.07, 6.45) is 0. The first-order chi connectivity index (χ1) is 22.0. The van der Waals surface area contributed by atoms with E-state index in [1.54, 1.807) is 25.0 Å². The van der Waals surface area contributed by atoms with Crippen molar-refractivity contribution in [2.24, 2.45) is 0 Å². The van der Waals surface area contributed by atoms with Crippen LogP contribution >= 0.6 is 0 Å². The summed E-state index contributed by atoms with van der Waals surface area (Å²) in [5.74, 6) is 1.91. The molecular weight excluding hydrogens is 893 g/mol. The molecule has 0 fully saturated rings. The number of aryl methyl sites for hydroxylation is 1. The van der Waals surface area contributed by atoms with Gasteiger partial charge in [-0.15, -0.1) is 0 Å². The van der Waals surface area contributed by atoms with Crippen LogP contribution in [0, 0.1) is 6.92 Å². The van der Waals surface area contributed by atoms with Crippen LogP contribution in [0.3, 0.4) is 0 Å². The Balaban J connectivity index is 0.000000160. The van der Waals surface area contributed by atoms with Crippen LogP contribution in [0.15, 0.2) is 109 Å². The molecule has 0 aliphatic rings. The molecule has 6 aromatic rings. The molecule has 0 amide bonds. The minimum atomic E-state index is -2.03. The molecule has 6 rings (SSSR count). The van der Waals surface area contributed by atoms with Gasteiger partial charge < -0.3 is 0 Å². The van der Waals surface area contributed by atoms with E-state index in [0.717, 1.165) is 11.5 Å². The van der Waals surface area contributed by atoms with Crippen molar-refractivity contribution in [3.63, 3.8) is 0 Å². The van der Waals surface area contributed by atoms with Gasteiger partial charge >= 0.3 is 300 Å². The van der Waals surface area contributed by atoms with Crippen molar-refractivity contribution < 1.29 is 9.47 Å². The first kappa shape index (κ1) is 37.9. The summed E-state index contributed by atoms with van der Waals surface area (Å²) in [5, 5.41) is 8.13. The molecule has 6 aromatic carbocycles. The summed E-state index contributed by atoms with van der Waals surface area (Å²) in [7, 11) is 3.45. The Morgan fingerprint density at radius 1 is 0.426 bits per heavy atom. The Bertz CT molecular complexity index is 1980. The Labute approximate surface area is 296 Å². The molecule has 246 valence electrons. The summed E-state index contributed by atoms with van der Waals surface area (Å²) in [5.41, 5.74) is 1.39. The van der Waals surface area contributed by atoms with Crippen LogP contribution in [-0.4, -0.2) is 69.4 Å². The van der Waals surface area contributed by atoms with E-state index in [9.17, 15) is 0 Å². The van der Waals surface area contributed by atoms with Crippen molar-refractivity contribution in [1.29, 1.82) is 0 Å². The van der Waals surface area contributed by atoms with E-state index >= 15 is 0 Å². The molecule has 0 aromatic heterocycles. The average Bonchev–Trinajstić information content (AvgIpc) is 3.03. The molecule has 0 aliphatic carbocycles. The molecule has 0 N–H and O–H groups in total.